The van der Waals surface area contributed by atoms with Crippen molar-refractivity contribution in [1.82, 2.24) is 14.1 Å². The lowest BCUT2D eigenvalue weighted by Gasteiger charge is -2.16. The second-order valence-electron chi connectivity index (χ2n) is 13.1. The Hall–Kier alpha value is -7.22. The third-order valence-corrected chi connectivity index (χ3v) is 10.1. The molecule has 4 heteroatoms. The van der Waals surface area contributed by atoms with Gasteiger partial charge in [0.15, 0.2) is 0 Å². The van der Waals surface area contributed by atoms with Gasteiger partial charge in [-0.1, -0.05) is 127 Å². The maximum atomic E-state index is 10.1. The first-order valence-corrected chi connectivity index (χ1v) is 17.5. The van der Waals surface area contributed by atoms with E-state index in [4.69, 9.17) is 4.98 Å². The molecule has 0 amide bonds. The molecule has 0 aliphatic rings. The third kappa shape index (κ3) is 4.65. The predicted octanol–water partition coefficient (Wildman–Crippen LogP) is 12.1. The molecule has 0 radical (unpaired) electrons. The van der Waals surface area contributed by atoms with Crippen LogP contribution in [0.15, 0.2) is 182 Å². The van der Waals surface area contributed by atoms with Gasteiger partial charge in [0.2, 0.25) is 0 Å². The molecule has 0 saturated heterocycles. The van der Waals surface area contributed by atoms with Crippen LogP contribution in [-0.2, 0) is 0 Å². The van der Waals surface area contributed by atoms with Gasteiger partial charge in [-0.2, -0.15) is 5.26 Å². The Labute approximate surface area is 300 Å². The molecule has 3 heterocycles. The summed E-state index contributed by atoms with van der Waals surface area (Å²) in [5.41, 5.74) is 13.2. The number of para-hydroxylation sites is 3. The predicted molar refractivity (Wildman–Crippen MR) is 214 cm³/mol. The minimum atomic E-state index is 0.618. The van der Waals surface area contributed by atoms with E-state index in [1.54, 1.807) is 0 Å². The largest absolute Gasteiger partial charge is 0.309 e. The molecular formula is C48H30N4. The van der Waals surface area contributed by atoms with Gasteiger partial charge in [-0.25, -0.2) is 4.98 Å². The van der Waals surface area contributed by atoms with Gasteiger partial charge in [0.05, 0.1) is 50.8 Å². The lowest BCUT2D eigenvalue weighted by atomic mass is 9.99. The number of pyridine rings is 1. The van der Waals surface area contributed by atoms with Crippen molar-refractivity contribution in [2.24, 2.45) is 0 Å². The lowest BCUT2D eigenvalue weighted by Crippen LogP contribution is -2.00. The number of nitrogens with zero attached hydrogens (tertiary/aromatic N) is 4. The summed E-state index contributed by atoms with van der Waals surface area (Å²) in [6.45, 7) is 0. The van der Waals surface area contributed by atoms with Crippen LogP contribution in [0, 0.1) is 11.3 Å². The van der Waals surface area contributed by atoms with E-state index in [9.17, 15) is 5.26 Å². The molecule has 0 spiro atoms. The van der Waals surface area contributed by atoms with Crippen LogP contribution in [0.1, 0.15) is 5.56 Å². The van der Waals surface area contributed by atoms with Crippen LogP contribution in [0.3, 0.4) is 0 Å². The highest BCUT2D eigenvalue weighted by Crippen LogP contribution is 2.44. The number of rotatable bonds is 5. The van der Waals surface area contributed by atoms with E-state index in [1.165, 1.54) is 5.39 Å². The van der Waals surface area contributed by atoms with Gasteiger partial charge in [0.25, 0.3) is 0 Å². The van der Waals surface area contributed by atoms with E-state index in [0.717, 1.165) is 83.2 Å². The summed E-state index contributed by atoms with van der Waals surface area (Å²) < 4.78 is 4.72. The van der Waals surface area contributed by atoms with Crippen molar-refractivity contribution in [2.45, 2.75) is 0 Å². The molecule has 242 valence electrons. The number of hydrogen-bond acceptors (Lipinski definition) is 2. The maximum Gasteiger partial charge on any atom is 0.0992 e. The van der Waals surface area contributed by atoms with Crippen molar-refractivity contribution in [3.8, 4) is 51.1 Å². The minimum absolute atomic E-state index is 0.618. The highest BCUT2D eigenvalue weighted by Gasteiger charge is 2.23. The van der Waals surface area contributed by atoms with Crippen LogP contribution in [0.2, 0.25) is 0 Å². The molecule has 0 unspecified atom stereocenters. The number of aromatic nitrogens is 3. The second kappa shape index (κ2) is 12.0. The van der Waals surface area contributed by atoms with Gasteiger partial charge in [-0.15, -0.1) is 0 Å². The SMILES string of the molecule is N#Cc1ccc2c3ccc4c(c5ccccc5n4-c4ccccc4)c3n(-c3ccccc3-c3cc(-c4ccccc4)cc(-c4ccccc4)n3)c2c1. The first-order valence-electron chi connectivity index (χ1n) is 17.5. The summed E-state index contributed by atoms with van der Waals surface area (Å²) in [4.78, 5) is 5.35. The fourth-order valence-corrected chi connectivity index (χ4v) is 7.84. The number of nitriles is 1. The van der Waals surface area contributed by atoms with E-state index in [1.807, 2.05) is 24.3 Å². The summed E-state index contributed by atoms with van der Waals surface area (Å²) in [6, 6.07) is 65.9. The van der Waals surface area contributed by atoms with Crippen molar-refractivity contribution >= 4 is 43.6 Å². The molecule has 10 rings (SSSR count). The zero-order valence-electron chi connectivity index (χ0n) is 28.1. The Balaban J connectivity index is 1.34. The standard InChI is InChI=1S/C48H30N4/c49-31-32-24-25-37-38-26-27-45-47(40-21-11-13-23-44(40)51(45)36-18-8-3-9-19-36)48(38)52(46(37)28-32)43-22-12-10-20-39(43)42-30-35(33-14-4-1-5-15-33)29-41(50-42)34-16-6-2-7-17-34/h1-30H. The van der Waals surface area contributed by atoms with E-state index in [2.05, 4.69) is 173 Å². The van der Waals surface area contributed by atoms with Gasteiger partial charge in [0, 0.05) is 38.4 Å². The molecule has 0 fully saturated rings. The number of fused-ring (bicyclic) bond motifs is 7. The molecule has 52 heavy (non-hydrogen) atoms. The van der Waals surface area contributed by atoms with E-state index in [-0.39, 0.29) is 0 Å². The molecule has 0 N–H and O–H groups in total. The van der Waals surface area contributed by atoms with Crippen molar-refractivity contribution in [2.75, 3.05) is 0 Å². The highest BCUT2D eigenvalue weighted by atomic mass is 15.0. The molecule has 4 nitrogen and oxygen atoms in total. The Morgan fingerprint density at radius 3 is 1.88 bits per heavy atom. The average molecular weight is 663 g/mol. The van der Waals surface area contributed by atoms with E-state index in [0.29, 0.717) is 5.56 Å². The zero-order chi connectivity index (χ0) is 34.6. The highest BCUT2D eigenvalue weighted by molar-refractivity contribution is 6.26. The molecule has 0 aliphatic heterocycles. The third-order valence-electron chi connectivity index (χ3n) is 10.1. The molecular weight excluding hydrogens is 633 g/mol. The summed E-state index contributed by atoms with van der Waals surface area (Å²) >= 11 is 0. The number of benzene rings is 7. The molecule has 7 aromatic carbocycles. The molecule has 0 atom stereocenters. The molecule has 10 aromatic rings. The summed E-state index contributed by atoms with van der Waals surface area (Å²) in [5, 5.41) is 14.7. The van der Waals surface area contributed by atoms with Gasteiger partial charge in [-0.3, -0.25) is 0 Å². The topological polar surface area (TPSA) is 46.5 Å². The smallest absolute Gasteiger partial charge is 0.0992 e. The molecule has 3 aromatic heterocycles. The van der Waals surface area contributed by atoms with Crippen LogP contribution < -0.4 is 0 Å². The quantitative estimate of drug-likeness (QED) is 0.184. The van der Waals surface area contributed by atoms with Crippen molar-refractivity contribution in [1.29, 1.82) is 5.26 Å². The fraction of sp³-hybridized carbons (Fsp3) is 0. The minimum Gasteiger partial charge on any atom is -0.309 e. The zero-order valence-corrected chi connectivity index (χ0v) is 28.1. The molecule has 0 saturated carbocycles. The van der Waals surface area contributed by atoms with Gasteiger partial charge < -0.3 is 9.13 Å². The van der Waals surface area contributed by atoms with Crippen LogP contribution in [-0.4, -0.2) is 14.1 Å². The Morgan fingerprint density at radius 2 is 1.10 bits per heavy atom. The van der Waals surface area contributed by atoms with Crippen molar-refractivity contribution in [3.05, 3.63) is 188 Å². The van der Waals surface area contributed by atoms with Crippen LogP contribution in [0.5, 0.6) is 0 Å². The van der Waals surface area contributed by atoms with Crippen LogP contribution in [0.25, 0.3) is 88.6 Å². The molecule has 0 aliphatic carbocycles. The molecule has 0 bridgehead atoms. The lowest BCUT2D eigenvalue weighted by molar-refractivity contribution is 1.17. The van der Waals surface area contributed by atoms with E-state index >= 15 is 0 Å². The first-order chi connectivity index (χ1) is 25.8. The summed E-state index contributed by atoms with van der Waals surface area (Å²) in [5.74, 6) is 0. The Morgan fingerprint density at radius 1 is 0.442 bits per heavy atom. The van der Waals surface area contributed by atoms with Crippen molar-refractivity contribution < 1.29 is 0 Å². The average Bonchev–Trinajstić information content (AvgIpc) is 3.74. The van der Waals surface area contributed by atoms with Gasteiger partial charge in [-0.05, 0) is 65.7 Å². The summed E-state index contributed by atoms with van der Waals surface area (Å²) in [6.07, 6.45) is 0. The van der Waals surface area contributed by atoms with E-state index < -0.39 is 0 Å². The van der Waals surface area contributed by atoms with Gasteiger partial charge >= 0.3 is 0 Å². The number of hydrogen-bond donors (Lipinski definition) is 0. The second-order valence-corrected chi connectivity index (χ2v) is 13.1. The van der Waals surface area contributed by atoms with Crippen LogP contribution in [0.4, 0.5) is 0 Å². The Bertz CT molecular complexity index is 2940. The monoisotopic (exact) mass is 662 g/mol. The fourth-order valence-electron chi connectivity index (χ4n) is 7.84. The first kappa shape index (κ1) is 29.7. The van der Waals surface area contributed by atoms with Gasteiger partial charge in [0.1, 0.15) is 0 Å². The maximum absolute atomic E-state index is 10.1. The normalized spacial score (nSPS) is 11.4. The van der Waals surface area contributed by atoms with Crippen molar-refractivity contribution in [3.63, 3.8) is 0 Å². The summed E-state index contributed by atoms with van der Waals surface area (Å²) in [7, 11) is 0. The Kier molecular flexibility index (Phi) is 6.84. The van der Waals surface area contributed by atoms with Crippen LogP contribution >= 0.6 is 0 Å².